The largest absolute Gasteiger partial charge is 0.504 e. The number of hydrogen-bond acceptors (Lipinski definition) is 4. The van der Waals surface area contributed by atoms with Gasteiger partial charge in [-0.25, -0.2) is 0 Å². The molecule has 0 aliphatic rings. The van der Waals surface area contributed by atoms with Gasteiger partial charge in [0.1, 0.15) is 0 Å². The lowest BCUT2D eigenvalue weighted by atomic mass is 9.91. The molecule has 0 saturated carbocycles. The zero-order chi connectivity index (χ0) is 18.3. The summed E-state index contributed by atoms with van der Waals surface area (Å²) in [4.78, 5) is 0. The highest BCUT2D eigenvalue weighted by atomic mass is 16.5. The van der Waals surface area contributed by atoms with Gasteiger partial charge in [-0.1, -0.05) is 46.5 Å². The molecular weight excluding hydrogens is 304 g/mol. The van der Waals surface area contributed by atoms with Crippen molar-refractivity contribution in [2.45, 2.75) is 66.2 Å². The van der Waals surface area contributed by atoms with Crippen molar-refractivity contribution < 1.29 is 19.7 Å². The van der Waals surface area contributed by atoms with Crippen LogP contribution in [0.3, 0.4) is 0 Å². The highest BCUT2D eigenvalue weighted by molar-refractivity contribution is 5.65. The molecule has 0 heterocycles. The molecule has 0 aromatic heterocycles. The summed E-state index contributed by atoms with van der Waals surface area (Å²) in [5.41, 5.74) is 1.41. The Morgan fingerprint density at radius 1 is 0.875 bits per heavy atom. The van der Waals surface area contributed by atoms with Gasteiger partial charge in [-0.15, -0.1) is 0 Å². The monoisotopic (exact) mass is 338 g/mol. The third-order valence-electron chi connectivity index (χ3n) is 5.12. The van der Waals surface area contributed by atoms with E-state index in [4.69, 9.17) is 9.47 Å². The van der Waals surface area contributed by atoms with E-state index in [0.29, 0.717) is 11.5 Å². The molecule has 0 radical (unpaired) electrons. The van der Waals surface area contributed by atoms with Gasteiger partial charge in [-0.2, -0.15) is 0 Å². The molecule has 2 atom stereocenters. The second kappa shape index (κ2) is 9.65. The smallest absolute Gasteiger partial charge is 0.207 e. The summed E-state index contributed by atoms with van der Waals surface area (Å²) >= 11 is 0. The van der Waals surface area contributed by atoms with Crippen LogP contribution in [0.1, 0.15) is 64.0 Å². The van der Waals surface area contributed by atoms with E-state index in [2.05, 4.69) is 20.8 Å². The molecule has 2 N–H and O–H groups in total. The van der Waals surface area contributed by atoms with E-state index in [1.54, 1.807) is 6.92 Å². The Morgan fingerprint density at radius 2 is 1.42 bits per heavy atom. The molecular formula is C20H34O4. The molecule has 0 saturated heterocycles. The fraction of sp³-hybridized carbons (Fsp3) is 0.700. The first-order chi connectivity index (χ1) is 11.4. The van der Waals surface area contributed by atoms with Crippen molar-refractivity contribution in [3.05, 3.63) is 11.1 Å². The van der Waals surface area contributed by atoms with E-state index in [1.165, 1.54) is 39.9 Å². The van der Waals surface area contributed by atoms with Crippen LogP contribution in [-0.2, 0) is 6.42 Å². The minimum atomic E-state index is 0.0478. The molecule has 1 aromatic rings. The molecule has 0 aliphatic heterocycles. The molecule has 0 amide bonds. The predicted molar refractivity (Wildman–Crippen MR) is 98.4 cm³/mol. The van der Waals surface area contributed by atoms with Crippen LogP contribution >= 0.6 is 0 Å². The third-order valence-corrected chi connectivity index (χ3v) is 5.12. The standard InChI is InChI=1S/C20H34O4/c1-7-13(2)9-8-10-14(3)11-12-16-15(4)17(21)19(23-5)20(24-6)18(16)22/h13-14,21-22H,7-12H2,1-6H3. The Balaban J connectivity index is 2.76. The molecule has 4 nitrogen and oxygen atoms in total. The van der Waals surface area contributed by atoms with Crippen LogP contribution in [0.25, 0.3) is 0 Å². The van der Waals surface area contributed by atoms with E-state index in [9.17, 15) is 10.2 Å². The van der Waals surface area contributed by atoms with Gasteiger partial charge >= 0.3 is 0 Å². The van der Waals surface area contributed by atoms with Crippen LogP contribution < -0.4 is 9.47 Å². The molecule has 24 heavy (non-hydrogen) atoms. The second-order valence-electron chi connectivity index (χ2n) is 6.96. The Morgan fingerprint density at radius 3 is 1.96 bits per heavy atom. The van der Waals surface area contributed by atoms with E-state index in [-0.39, 0.29) is 23.0 Å². The first-order valence-electron chi connectivity index (χ1n) is 9.02. The summed E-state index contributed by atoms with van der Waals surface area (Å²) in [6, 6.07) is 0. The van der Waals surface area contributed by atoms with Crippen molar-refractivity contribution in [3.8, 4) is 23.0 Å². The van der Waals surface area contributed by atoms with Crippen molar-refractivity contribution >= 4 is 0 Å². The molecule has 1 aromatic carbocycles. The van der Waals surface area contributed by atoms with Gasteiger partial charge in [0.15, 0.2) is 11.5 Å². The van der Waals surface area contributed by atoms with Crippen molar-refractivity contribution in [3.63, 3.8) is 0 Å². The number of aromatic hydroxyl groups is 2. The van der Waals surface area contributed by atoms with Crippen molar-refractivity contribution in [1.82, 2.24) is 0 Å². The number of methoxy groups -OCH3 is 2. The summed E-state index contributed by atoms with van der Waals surface area (Å²) in [7, 11) is 2.92. The number of hydrogen-bond donors (Lipinski definition) is 2. The lowest BCUT2D eigenvalue weighted by Gasteiger charge is -2.19. The van der Waals surface area contributed by atoms with Crippen LogP contribution in [0, 0.1) is 18.8 Å². The van der Waals surface area contributed by atoms with Crippen LogP contribution in [0.4, 0.5) is 0 Å². The van der Waals surface area contributed by atoms with Gasteiger partial charge in [-0.05, 0) is 31.6 Å². The summed E-state index contributed by atoms with van der Waals surface area (Å²) in [6.07, 6.45) is 6.66. The highest BCUT2D eigenvalue weighted by Crippen LogP contribution is 2.48. The first-order valence-corrected chi connectivity index (χ1v) is 9.02. The molecule has 0 aliphatic carbocycles. The quantitative estimate of drug-likeness (QED) is 0.575. The van der Waals surface area contributed by atoms with Crippen molar-refractivity contribution in [1.29, 1.82) is 0 Å². The zero-order valence-electron chi connectivity index (χ0n) is 16.1. The maximum absolute atomic E-state index is 10.5. The molecule has 4 heteroatoms. The number of rotatable bonds is 10. The third kappa shape index (κ3) is 4.96. The maximum atomic E-state index is 10.5. The Labute approximate surface area is 146 Å². The lowest BCUT2D eigenvalue weighted by molar-refractivity contribution is 0.313. The average Bonchev–Trinajstić information content (AvgIpc) is 2.57. The lowest BCUT2D eigenvalue weighted by Crippen LogP contribution is -2.03. The van der Waals surface area contributed by atoms with E-state index < -0.39 is 0 Å². The van der Waals surface area contributed by atoms with Crippen LogP contribution in [0.2, 0.25) is 0 Å². The zero-order valence-corrected chi connectivity index (χ0v) is 16.1. The van der Waals surface area contributed by atoms with Gasteiger partial charge in [0.2, 0.25) is 11.5 Å². The molecule has 0 fully saturated rings. The fourth-order valence-corrected chi connectivity index (χ4v) is 3.08. The van der Waals surface area contributed by atoms with Gasteiger partial charge in [0.05, 0.1) is 14.2 Å². The maximum Gasteiger partial charge on any atom is 0.207 e. The molecule has 138 valence electrons. The molecule has 2 unspecified atom stereocenters. The summed E-state index contributed by atoms with van der Waals surface area (Å²) in [5.74, 6) is 1.91. The Bertz CT molecular complexity index is 525. The van der Waals surface area contributed by atoms with Gasteiger partial charge in [-0.3, -0.25) is 0 Å². The predicted octanol–water partition coefficient (Wildman–Crippen LogP) is 5.21. The first kappa shape index (κ1) is 20.5. The normalized spacial score (nSPS) is 13.6. The SMILES string of the molecule is CCC(C)CCCC(C)CCc1c(C)c(O)c(OC)c(OC)c1O. The van der Waals surface area contributed by atoms with Gasteiger partial charge in [0.25, 0.3) is 0 Å². The number of phenolic OH excluding ortho intramolecular Hbond substituents is 2. The van der Waals surface area contributed by atoms with Crippen LogP contribution in [0.15, 0.2) is 0 Å². The minimum absolute atomic E-state index is 0.0478. The number of benzene rings is 1. The Hall–Kier alpha value is -1.58. The molecule has 1 rings (SSSR count). The summed E-state index contributed by atoms with van der Waals surface area (Å²) in [5, 5.41) is 20.8. The average molecular weight is 338 g/mol. The summed E-state index contributed by atoms with van der Waals surface area (Å²) < 4.78 is 10.4. The van der Waals surface area contributed by atoms with Crippen molar-refractivity contribution in [2.24, 2.45) is 11.8 Å². The molecule has 0 bridgehead atoms. The fourth-order valence-electron chi connectivity index (χ4n) is 3.08. The van der Waals surface area contributed by atoms with Crippen LogP contribution in [0.5, 0.6) is 23.0 Å². The summed E-state index contributed by atoms with van der Waals surface area (Å²) in [6.45, 7) is 8.60. The molecule has 0 spiro atoms. The topological polar surface area (TPSA) is 58.9 Å². The van der Waals surface area contributed by atoms with Gasteiger partial charge < -0.3 is 19.7 Å². The van der Waals surface area contributed by atoms with Crippen molar-refractivity contribution in [2.75, 3.05) is 14.2 Å². The number of phenols is 2. The van der Waals surface area contributed by atoms with E-state index >= 15 is 0 Å². The van der Waals surface area contributed by atoms with Crippen LogP contribution in [-0.4, -0.2) is 24.4 Å². The number of ether oxygens (including phenoxy) is 2. The van der Waals surface area contributed by atoms with Gasteiger partial charge in [0, 0.05) is 11.1 Å². The minimum Gasteiger partial charge on any atom is -0.504 e. The van der Waals surface area contributed by atoms with E-state index in [0.717, 1.165) is 24.3 Å². The highest BCUT2D eigenvalue weighted by Gasteiger charge is 2.23. The Kier molecular flexibility index (Phi) is 8.23. The van der Waals surface area contributed by atoms with E-state index in [1.807, 2.05) is 0 Å². The second-order valence-corrected chi connectivity index (χ2v) is 6.96.